The van der Waals surface area contributed by atoms with Gasteiger partial charge in [0.05, 0.1) is 22.5 Å². The van der Waals surface area contributed by atoms with Crippen molar-refractivity contribution in [1.29, 1.82) is 0 Å². The average molecular weight is 340 g/mol. The number of likely N-dealkylation sites (N-methyl/N-ethyl adjacent to an activating group) is 2. The number of hydrogen-bond acceptors (Lipinski definition) is 4. The van der Waals surface area contributed by atoms with Gasteiger partial charge in [0.1, 0.15) is 0 Å². The number of aromatic nitrogens is 2. The van der Waals surface area contributed by atoms with E-state index in [9.17, 15) is 18.0 Å². The van der Waals surface area contributed by atoms with Gasteiger partial charge in [0, 0.05) is 27.7 Å². The predicted molar refractivity (Wildman–Crippen MR) is 86.7 cm³/mol. The molecule has 0 aliphatic heterocycles. The molecule has 1 aromatic carbocycles. The number of carbonyl (C=O) groups is 1. The van der Waals surface area contributed by atoms with Gasteiger partial charge in [0.25, 0.3) is 0 Å². The quantitative estimate of drug-likeness (QED) is 0.804. The molecule has 8 nitrogen and oxygen atoms in total. The van der Waals surface area contributed by atoms with Crippen LogP contribution in [-0.2, 0) is 28.9 Å². The Labute approximate surface area is 134 Å². The molecule has 9 heteroatoms. The highest BCUT2D eigenvalue weighted by atomic mass is 32.2. The number of sulfonamides is 1. The second kappa shape index (κ2) is 6.17. The fourth-order valence-corrected chi connectivity index (χ4v) is 3.83. The van der Waals surface area contributed by atoms with E-state index in [1.54, 1.807) is 27.1 Å². The summed E-state index contributed by atoms with van der Waals surface area (Å²) >= 11 is 0. The molecular formula is C14H20N4O4S. The van der Waals surface area contributed by atoms with Crippen LogP contribution in [0.25, 0.3) is 11.0 Å². The van der Waals surface area contributed by atoms with Gasteiger partial charge in [-0.3, -0.25) is 13.9 Å². The molecule has 0 aliphatic carbocycles. The van der Waals surface area contributed by atoms with Crippen molar-refractivity contribution in [1.82, 2.24) is 18.8 Å². The van der Waals surface area contributed by atoms with Crippen LogP contribution in [0.1, 0.15) is 6.92 Å². The summed E-state index contributed by atoms with van der Waals surface area (Å²) in [7, 11) is 0.847. The molecule has 0 radical (unpaired) electrons. The van der Waals surface area contributed by atoms with E-state index < -0.39 is 10.0 Å². The van der Waals surface area contributed by atoms with Crippen LogP contribution in [-0.4, -0.2) is 47.9 Å². The third-order valence-corrected chi connectivity index (χ3v) is 5.75. The number of rotatable bonds is 5. The van der Waals surface area contributed by atoms with E-state index in [0.717, 1.165) is 4.31 Å². The standard InChI is InChI=1S/C14H20N4O4S/c1-5-18(9-13(19)15-2)23(21,22)10-6-7-11-12(8-10)17(4)14(20)16(11)3/h6-8H,5,9H2,1-4H3,(H,15,19). The molecule has 1 amide bonds. The van der Waals surface area contributed by atoms with Crippen molar-refractivity contribution < 1.29 is 13.2 Å². The first kappa shape index (κ1) is 17.2. The Morgan fingerprint density at radius 3 is 2.39 bits per heavy atom. The van der Waals surface area contributed by atoms with E-state index >= 15 is 0 Å². The number of amides is 1. The number of nitrogens with zero attached hydrogens (tertiary/aromatic N) is 3. The minimum Gasteiger partial charge on any atom is -0.358 e. The fourth-order valence-electron chi connectivity index (χ4n) is 2.40. The molecule has 1 aromatic heterocycles. The van der Waals surface area contributed by atoms with E-state index in [2.05, 4.69) is 5.32 Å². The van der Waals surface area contributed by atoms with Crippen LogP contribution in [0.2, 0.25) is 0 Å². The highest BCUT2D eigenvalue weighted by Gasteiger charge is 2.25. The maximum absolute atomic E-state index is 12.7. The highest BCUT2D eigenvalue weighted by Crippen LogP contribution is 2.20. The molecule has 1 heterocycles. The molecular weight excluding hydrogens is 320 g/mol. The van der Waals surface area contributed by atoms with Crippen molar-refractivity contribution in [3.63, 3.8) is 0 Å². The van der Waals surface area contributed by atoms with Gasteiger partial charge in [-0.25, -0.2) is 13.2 Å². The summed E-state index contributed by atoms with van der Waals surface area (Å²) in [6.07, 6.45) is 0. The highest BCUT2D eigenvalue weighted by molar-refractivity contribution is 7.89. The Morgan fingerprint density at radius 1 is 1.22 bits per heavy atom. The van der Waals surface area contributed by atoms with Crippen LogP contribution >= 0.6 is 0 Å². The first-order valence-electron chi connectivity index (χ1n) is 7.10. The van der Waals surface area contributed by atoms with E-state index in [1.807, 2.05) is 0 Å². The minimum absolute atomic E-state index is 0.0527. The Hall–Kier alpha value is -2.13. The van der Waals surface area contributed by atoms with Gasteiger partial charge >= 0.3 is 5.69 Å². The number of fused-ring (bicyclic) bond motifs is 1. The molecule has 0 unspecified atom stereocenters. The summed E-state index contributed by atoms with van der Waals surface area (Å²) in [4.78, 5) is 23.5. The van der Waals surface area contributed by atoms with Gasteiger partial charge < -0.3 is 5.32 Å². The fraction of sp³-hybridized carbons (Fsp3) is 0.429. The Morgan fingerprint density at radius 2 is 1.83 bits per heavy atom. The van der Waals surface area contributed by atoms with Gasteiger partial charge in [0.15, 0.2) is 0 Å². The maximum Gasteiger partial charge on any atom is 0.328 e. The monoisotopic (exact) mass is 340 g/mol. The third-order valence-electron chi connectivity index (χ3n) is 3.83. The average Bonchev–Trinajstić information content (AvgIpc) is 2.76. The summed E-state index contributed by atoms with van der Waals surface area (Å²) in [6.45, 7) is 1.58. The summed E-state index contributed by atoms with van der Waals surface area (Å²) in [6, 6.07) is 4.50. The van der Waals surface area contributed by atoms with Crippen molar-refractivity contribution in [3.8, 4) is 0 Å². The second-order valence-corrected chi connectivity index (χ2v) is 7.09. The zero-order valence-electron chi connectivity index (χ0n) is 13.5. The molecule has 0 saturated heterocycles. The first-order chi connectivity index (χ1) is 10.7. The molecule has 0 atom stereocenters. The van der Waals surface area contributed by atoms with Gasteiger partial charge in [-0.15, -0.1) is 0 Å². The van der Waals surface area contributed by atoms with E-state index in [4.69, 9.17) is 0 Å². The number of aryl methyl sites for hydroxylation is 2. The van der Waals surface area contributed by atoms with Crippen LogP contribution < -0.4 is 11.0 Å². The van der Waals surface area contributed by atoms with E-state index in [1.165, 1.54) is 28.3 Å². The summed E-state index contributed by atoms with van der Waals surface area (Å²) in [5.74, 6) is -0.386. The van der Waals surface area contributed by atoms with Crippen LogP contribution in [0.4, 0.5) is 0 Å². The first-order valence-corrected chi connectivity index (χ1v) is 8.54. The maximum atomic E-state index is 12.7. The molecule has 0 fully saturated rings. The smallest absolute Gasteiger partial charge is 0.328 e. The Kier molecular flexibility index (Phi) is 4.62. The van der Waals surface area contributed by atoms with Crippen molar-refractivity contribution in [3.05, 3.63) is 28.7 Å². The molecule has 0 spiro atoms. The number of imidazole rings is 1. The summed E-state index contributed by atoms with van der Waals surface area (Å²) in [5, 5.41) is 2.41. The SMILES string of the molecule is CCN(CC(=O)NC)S(=O)(=O)c1ccc2c(c1)n(C)c(=O)n2C. The lowest BCUT2D eigenvalue weighted by Gasteiger charge is -2.19. The third kappa shape index (κ3) is 2.89. The number of benzene rings is 1. The van der Waals surface area contributed by atoms with Crippen LogP contribution in [0.5, 0.6) is 0 Å². The molecule has 23 heavy (non-hydrogen) atoms. The minimum atomic E-state index is -3.82. The van der Waals surface area contributed by atoms with Crippen LogP contribution in [0.3, 0.4) is 0 Å². The van der Waals surface area contributed by atoms with Crippen molar-refractivity contribution in [2.24, 2.45) is 14.1 Å². The van der Waals surface area contributed by atoms with E-state index in [0.29, 0.717) is 11.0 Å². The zero-order chi connectivity index (χ0) is 17.4. The van der Waals surface area contributed by atoms with Crippen molar-refractivity contribution >= 4 is 27.0 Å². The molecule has 2 aromatic rings. The molecule has 0 saturated carbocycles. The number of hydrogen-bond donors (Lipinski definition) is 1. The van der Waals surface area contributed by atoms with Gasteiger partial charge in [-0.1, -0.05) is 6.92 Å². The molecule has 126 valence electrons. The predicted octanol–water partition coefficient (Wildman–Crippen LogP) is -0.366. The second-order valence-electron chi connectivity index (χ2n) is 5.16. The number of carbonyl (C=O) groups excluding carboxylic acids is 1. The van der Waals surface area contributed by atoms with Gasteiger partial charge in [-0.2, -0.15) is 4.31 Å². The molecule has 2 rings (SSSR count). The molecule has 0 aliphatic rings. The lowest BCUT2D eigenvalue weighted by molar-refractivity contribution is -0.120. The normalized spacial score (nSPS) is 12.0. The lowest BCUT2D eigenvalue weighted by Crippen LogP contribution is -2.39. The summed E-state index contributed by atoms with van der Waals surface area (Å²) in [5.41, 5.74) is 0.938. The topological polar surface area (TPSA) is 93.4 Å². The Bertz CT molecular complexity index is 911. The van der Waals surface area contributed by atoms with Crippen molar-refractivity contribution in [2.75, 3.05) is 20.1 Å². The molecule has 1 N–H and O–H groups in total. The van der Waals surface area contributed by atoms with Crippen LogP contribution in [0.15, 0.2) is 27.9 Å². The number of nitrogens with one attached hydrogen (secondary N) is 1. The Balaban J connectivity index is 2.55. The van der Waals surface area contributed by atoms with E-state index in [-0.39, 0.29) is 29.6 Å². The largest absolute Gasteiger partial charge is 0.358 e. The van der Waals surface area contributed by atoms with Crippen LogP contribution in [0, 0.1) is 0 Å². The zero-order valence-corrected chi connectivity index (χ0v) is 14.3. The summed E-state index contributed by atoms with van der Waals surface area (Å²) < 4.78 is 29.4. The molecule has 0 bridgehead atoms. The van der Waals surface area contributed by atoms with Crippen molar-refractivity contribution in [2.45, 2.75) is 11.8 Å². The van der Waals surface area contributed by atoms with Gasteiger partial charge in [-0.05, 0) is 18.2 Å². The lowest BCUT2D eigenvalue weighted by atomic mass is 10.3. The van der Waals surface area contributed by atoms with Gasteiger partial charge in [0.2, 0.25) is 15.9 Å².